The molecule has 21 heavy (non-hydrogen) atoms. The van der Waals surface area contributed by atoms with E-state index in [9.17, 15) is 17.2 Å². The molecule has 7 heteroatoms. The monoisotopic (exact) mass is 318 g/mol. The molecule has 0 unspecified atom stereocenters. The van der Waals surface area contributed by atoms with Crippen molar-refractivity contribution in [2.75, 3.05) is 12.8 Å². The topological polar surface area (TPSA) is 63.4 Å². The van der Waals surface area contributed by atoms with Crippen LogP contribution in [-0.4, -0.2) is 25.8 Å². The number of nitrogens with zero attached hydrogens (tertiary/aromatic N) is 1. The summed E-state index contributed by atoms with van der Waals surface area (Å²) in [6.45, 7) is 2.12. The lowest BCUT2D eigenvalue weighted by Gasteiger charge is -2.32. The van der Waals surface area contributed by atoms with Crippen molar-refractivity contribution in [3.05, 3.63) is 23.8 Å². The number of rotatable bonds is 3. The Morgan fingerprint density at radius 1 is 1.19 bits per heavy atom. The molecule has 1 aliphatic rings. The largest absolute Gasteiger partial charge is 0.399 e. The molecule has 1 aromatic carbocycles. The fourth-order valence-electron chi connectivity index (χ4n) is 2.73. The molecule has 0 aromatic heterocycles. The van der Waals surface area contributed by atoms with Gasteiger partial charge in [-0.25, -0.2) is 17.2 Å². The fraction of sp³-hybridized carbons (Fsp3) is 0.571. The van der Waals surface area contributed by atoms with E-state index in [1.54, 1.807) is 0 Å². The Balaban J connectivity index is 2.34. The van der Waals surface area contributed by atoms with Gasteiger partial charge >= 0.3 is 0 Å². The molecule has 0 aliphatic heterocycles. The molecular weight excluding hydrogens is 298 g/mol. The summed E-state index contributed by atoms with van der Waals surface area (Å²) >= 11 is 0. The molecule has 0 atom stereocenters. The van der Waals surface area contributed by atoms with E-state index < -0.39 is 26.6 Å². The summed E-state index contributed by atoms with van der Waals surface area (Å²) in [5.74, 6) is -2.06. The van der Waals surface area contributed by atoms with Gasteiger partial charge < -0.3 is 5.73 Å². The molecule has 1 saturated carbocycles. The Bertz CT molecular complexity index is 626. The van der Waals surface area contributed by atoms with Crippen molar-refractivity contribution in [1.82, 2.24) is 4.31 Å². The summed E-state index contributed by atoms with van der Waals surface area (Å²) < 4.78 is 53.4. The van der Waals surface area contributed by atoms with Crippen LogP contribution in [-0.2, 0) is 10.0 Å². The highest BCUT2D eigenvalue weighted by molar-refractivity contribution is 7.89. The first kappa shape index (κ1) is 16.2. The molecule has 0 spiro atoms. The van der Waals surface area contributed by atoms with E-state index in [0.717, 1.165) is 42.1 Å². The molecule has 0 bridgehead atoms. The second kappa shape index (κ2) is 5.88. The lowest BCUT2D eigenvalue weighted by atomic mass is 9.87. The smallest absolute Gasteiger partial charge is 0.246 e. The van der Waals surface area contributed by atoms with E-state index in [1.165, 1.54) is 7.05 Å². The molecule has 2 rings (SSSR count). The van der Waals surface area contributed by atoms with Gasteiger partial charge in [-0.3, -0.25) is 0 Å². The Morgan fingerprint density at radius 2 is 1.76 bits per heavy atom. The molecule has 118 valence electrons. The van der Waals surface area contributed by atoms with Crippen molar-refractivity contribution in [1.29, 1.82) is 0 Å². The molecule has 1 aromatic rings. The van der Waals surface area contributed by atoms with Crippen molar-refractivity contribution in [2.24, 2.45) is 5.92 Å². The van der Waals surface area contributed by atoms with Crippen LogP contribution in [0, 0.1) is 17.6 Å². The van der Waals surface area contributed by atoms with E-state index >= 15 is 0 Å². The standard InChI is InChI=1S/C14H20F2N2O2S/c1-9-3-5-11(6-4-9)18(2)21(19,20)13-8-10(17)7-12(15)14(13)16/h7-9,11H,3-6,17H2,1-2H3. The maximum atomic E-state index is 13.8. The number of sulfonamides is 1. The fourth-order valence-corrected chi connectivity index (χ4v) is 4.25. The van der Waals surface area contributed by atoms with Crippen LogP contribution in [0.5, 0.6) is 0 Å². The molecule has 0 heterocycles. The van der Waals surface area contributed by atoms with E-state index in [4.69, 9.17) is 5.73 Å². The van der Waals surface area contributed by atoms with Crippen molar-refractivity contribution in [3.8, 4) is 0 Å². The highest BCUT2D eigenvalue weighted by Crippen LogP contribution is 2.31. The van der Waals surface area contributed by atoms with Gasteiger partial charge in [0.1, 0.15) is 4.90 Å². The zero-order chi connectivity index (χ0) is 15.8. The minimum Gasteiger partial charge on any atom is -0.399 e. The average Bonchev–Trinajstić information content (AvgIpc) is 2.42. The van der Waals surface area contributed by atoms with Gasteiger partial charge in [0.05, 0.1) is 0 Å². The SMILES string of the molecule is CC1CCC(N(C)S(=O)(=O)c2cc(N)cc(F)c2F)CC1. The minimum atomic E-state index is -4.09. The number of nitrogen functional groups attached to an aromatic ring is 1. The molecule has 4 nitrogen and oxygen atoms in total. The van der Waals surface area contributed by atoms with Gasteiger partial charge in [0.15, 0.2) is 11.6 Å². The first-order valence-corrected chi connectivity index (χ1v) is 8.40. The summed E-state index contributed by atoms with van der Waals surface area (Å²) in [5, 5.41) is 0. The van der Waals surface area contributed by atoms with Crippen LogP contribution < -0.4 is 5.73 Å². The van der Waals surface area contributed by atoms with E-state index in [1.807, 2.05) is 0 Å². The van der Waals surface area contributed by atoms with E-state index in [-0.39, 0.29) is 11.7 Å². The maximum Gasteiger partial charge on any atom is 0.246 e. The number of hydrogen-bond donors (Lipinski definition) is 1. The van der Waals surface area contributed by atoms with Crippen LogP contribution in [0.15, 0.2) is 17.0 Å². The third kappa shape index (κ3) is 3.18. The van der Waals surface area contributed by atoms with Gasteiger partial charge in [-0.2, -0.15) is 4.31 Å². The van der Waals surface area contributed by atoms with Gasteiger partial charge in [-0.1, -0.05) is 6.92 Å². The maximum absolute atomic E-state index is 13.8. The third-order valence-electron chi connectivity index (χ3n) is 4.17. The second-order valence-electron chi connectivity index (χ2n) is 5.75. The van der Waals surface area contributed by atoms with Gasteiger partial charge in [0, 0.05) is 18.8 Å². The Hall–Kier alpha value is -1.21. The summed E-state index contributed by atoms with van der Waals surface area (Å²) in [6, 6.07) is 1.56. The lowest BCUT2D eigenvalue weighted by molar-refractivity contribution is 0.245. The predicted molar refractivity (Wildman–Crippen MR) is 77.1 cm³/mol. The van der Waals surface area contributed by atoms with Crippen LogP contribution in [0.3, 0.4) is 0 Å². The zero-order valence-electron chi connectivity index (χ0n) is 12.1. The highest BCUT2D eigenvalue weighted by Gasteiger charge is 2.33. The van der Waals surface area contributed by atoms with E-state index in [2.05, 4.69) is 6.92 Å². The molecule has 0 amide bonds. The molecule has 0 saturated heterocycles. The lowest BCUT2D eigenvalue weighted by Crippen LogP contribution is -2.39. The van der Waals surface area contributed by atoms with Gasteiger partial charge in [0.2, 0.25) is 10.0 Å². The van der Waals surface area contributed by atoms with Crippen LogP contribution >= 0.6 is 0 Å². The summed E-state index contributed by atoms with van der Waals surface area (Å²) in [6.07, 6.45) is 3.31. The first-order chi connectivity index (χ1) is 9.73. The number of benzene rings is 1. The number of halogens is 2. The van der Waals surface area contributed by atoms with Crippen molar-refractivity contribution >= 4 is 15.7 Å². The number of nitrogens with two attached hydrogens (primary N) is 1. The average molecular weight is 318 g/mol. The molecule has 1 aliphatic carbocycles. The second-order valence-corrected chi connectivity index (χ2v) is 7.72. The Labute approximate surface area is 124 Å². The quantitative estimate of drug-likeness (QED) is 0.872. The summed E-state index contributed by atoms with van der Waals surface area (Å²) in [4.78, 5) is -0.693. The first-order valence-electron chi connectivity index (χ1n) is 6.96. The highest BCUT2D eigenvalue weighted by atomic mass is 32.2. The van der Waals surface area contributed by atoms with Crippen LogP contribution in [0.1, 0.15) is 32.6 Å². The molecule has 0 radical (unpaired) electrons. The van der Waals surface area contributed by atoms with E-state index in [0.29, 0.717) is 5.92 Å². The van der Waals surface area contributed by atoms with Crippen molar-refractivity contribution in [3.63, 3.8) is 0 Å². The van der Waals surface area contributed by atoms with Gasteiger partial charge in [-0.05, 0) is 43.7 Å². The number of hydrogen-bond acceptors (Lipinski definition) is 3. The molecular formula is C14H20F2N2O2S. The van der Waals surface area contributed by atoms with Crippen LogP contribution in [0.2, 0.25) is 0 Å². The van der Waals surface area contributed by atoms with Gasteiger partial charge in [-0.15, -0.1) is 0 Å². The van der Waals surface area contributed by atoms with Gasteiger partial charge in [0.25, 0.3) is 0 Å². The third-order valence-corrected chi connectivity index (χ3v) is 6.08. The predicted octanol–water partition coefficient (Wildman–Crippen LogP) is 2.75. The Kier molecular flexibility index (Phi) is 4.53. The summed E-state index contributed by atoms with van der Waals surface area (Å²) in [7, 11) is -2.68. The Morgan fingerprint density at radius 3 is 2.33 bits per heavy atom. The summed E-state index contributed by atoms with van der Waals surface area (Å²) in [5.41, 5.74) is 5.32. The van der Waals surface area contributed by atoms with Crippen molar-refractivity contribution in [2.45, 2.75) is 43.5 Å². The number of anilines is 1. The normalized spacial score (nSPS) is 23.5. The van der Waals surface area contributed by atoms with Crippen molar-refractivity contribution < 1.29 is 17.2 Å². The zero-order valence-corrected chi connectivity index (χ0v) is 13.0. The molecule has 1 fully saturated rings. The molecule has 2 N–H and O–H groups in total. The van der Waals surface area contributed by atoms with Crippen LogP contribution in [0.4, 0.5) is 14.5 Å². The minimum absolute atomic E-state index is 0.113. The van der Waals surface area contributed by atoms with Crippen LogP contribution in [0.25, 0.3) is 0 Å².